The Morgan fingerprint density at radius 1 is 1.38 bits per heavy atom. The molecule has 1 aliphatic heterocycles. The first-order chi connectivity index (χ1) is 9.79. The van der Waals surface area contributed by atoms with Crippen LogP contribution in [-0.2, 0) is 15.6 Å². The molecule has 1 aromatic carbocycles. The summed E-state index contributed by atoms with van der Waals surface area (Å²) in [5.74, 6) is 0. The van der Waals surface area contributed by atoms with Crippen LogP contribution in [0, 0.1) is 0 Å². The molecule has 1 aromatic heterocycles. The summed E-state index contributed by atoms with van der Waals surface area (Å²) in [6.45, 7) is 0.578. The first-order valence-electron chi connectivity index (χ1n) is 6.60. The van der Waals surface area contributed by atoms with Crippen molar-refractivity contribution in [3.05, 3.63) is 28.9 Å². The van der Waals surface area contributed by atoms with Crippen molar-refractivity contribution in [3.63, 3.8) is 0 Å². The van der Waals surface area contributed by atoms with Crippen molar-refractivity contribution < 1.29 is 13.5 Å². The number of halogens is 1. The zero-order chi connectivity index (χ0) is 15.3. The smallest absolute Gasteiger partial charge is 0.211 e. The van der Waals surface area contributed by atoms with Gasteiger partial charge in [-0.25, -0.2) is 12.7 Å². The van der Waals surface area contributed by atoms with Crippen LogP contribution >= 0.6 is 11.6 Å². The maximum absolute atomic E-state index is 11.6. The van der Waals surface area contributed by atoms with Crippen molar-refractivity contribution >= 4 is 32.5 Å². The minimum Gasteiger partial charge on any atom is -0.385 e. The Morgan fingerprint density at radius 2 is 2.05 bits per heavy atom. The topological polar surface area (TPSA) is 86.3 Å². The van der Waals surface area contributed by atoms with Gasteiger partial charge < -0.3 is 5.11 Å². The summed E-state index contributed by atoms with van der Waals surface area (Å²) < 4.78 is 24.5. The third-order valence-corrected chi connectivity index (χ3v) is 5.55. The number of hydrogen-bond acceptors (Lipinski definition) is 4. The molecular formula is C13H16ClN3O3S. The molecule has 0 spiro atoms. The average Bonchev–Trinajstić information content (AvgIpc) is 2.85. The average molecular weight is 330 g/mol. The Bertz CT molecular complexity index is 779. The lowest BCUT2D eigenvalue weighted by Gasteiger charge is -2.37. The number of aromatic nitrogens is 2. The summed E-state index contributed by atoms with van der Waals surface area (Å²) in [6, 6.07) is 3.50. The van der Waals surface area contributed by atoms with Crippen LogP contribution in [0.15, 0.2) is 18.3 Å². The van der Waals surface area contributed by atoms with Crippen molar-refractivity contribution in [2.45, 2.75) is 18.4 Å². The van der Waals surface area contributed by atoms with Gasteiger partial charge in [-0.2, -0.15) is 5.10 Å². The lowest BCUT2D eigenvalue weighted by molar-refractivity contribution is -0.00833. The van der Waals surface area contributed by atoms with Gasteiger partial charge in [0.15, 0.2) is 0 Å². The quantitative estimate of drug-likeness (QED) is 0.873. The molecule has 2 N–H and O–H groups in total. The second-order valence-electron chi connectivity index (χ2n) is 5.48. The van der Waals surface area contributed by atoms with Crippen LogP contribution in [-0.4, -0.2) is 47.4 Å². The van der Waals surface area contributed by atoms with Gasteiger partial charge >= 0.3 is 0 Å². The number of aliphatic hydroxyl groups is 1. The van der Waals surface area contributed by atoms with Crippen LogP contribution < -0.4 is 0 Å². The van der Waals surface area contributed by atoms with Crippen molar-refractivity contribution in [1.82, 2.24) is 14.5 Å². The van der Waals surface area contributed by atoms with Gasteiger partial charge in [-0.3, -0.25) is 5.10 Å². The Kier molecular flexibility index (Phi) is 3.48. The summed E-state index contributed by atoms with van der Waals surface area (Å²) in [5, 5.41) is 19.2. The molecule has 1 saturated heterocycles. The molecule has 3 rings (SSSR count). The van der Waals surface area contributed by atoms with Crippen molar-refractivity contribution in [2.24, 2.45) is 0 Å². The van der Waals surface area contributed by atoms with Gasteiger partial charge in [-0.1, -0.05) is 11.6 Å². The highest BCUT2D eigenvalue weighted by molar-refractivity contribution is 7.88. The zero-order valence-electron chi connectivity index (χ0n) is 11.5. The van der Waals surface area contributed by atoms with Crippen molar-refractivity contribution in [1.29, 1.82) is 0 Å². The zero-order valence-corrected chi connectivity index (χ0v) is 13.1. The molecule has 0 bridgehead atoms. The number of fused-ring (bicyclic) bond motifs is 1. The molecule has 0 radical (unpaired) electrons. The maximum atomic E-state index is 11.6. The second-order valence-corrected chi connectivity index (χ2v) is 7.90. The van der Waals surface area contributed by atoms with E-state index < -0.39 is 15.6 Å². The van der Waals surface area contributed by atoms with Crippen molar-refractivity contribution in [3.8, 4) is 0 Å². The molecule has 1 fully saturated rings. The van der Waals surface area contributed by atoms with Crippen LogP contribution in [0.1, 0.15) is 18.4 Å². The van der Waals surface area contributed by atoms with Gasteiger partial charge in [-0.15, -0.1) is 0 Å². The second kappa shape index (κ2) is 4.95. The standard InChI is InChI=1S/C13H16ClN3O3S/c1-21(19,20)17-4-2-13(18,3-5-17)11-7-10(14)6-9-8-15-16-12(9)11/h6-8,18H,2-5H2,1H3,(H,15,16). The van der Waals surface area contributed by atoms with Gasteiger partial charge in [0, 0.05) is 29.1 Å². The largest absolute Gasteiger partial charge is 0.385 e. The van der Waals surface area contributed by atoms with Crippen LogP contribution in [0.5, 0.6) is 0 Å². The van der Waals surface area contributed by atoms with E-state index in [0.29, 0.717) is 23.4 Å². The van der Waals surface area contributed by atoms with Crippen LogP contribution in [0.2, 0.25) is 5.02 Å². The number of nitrogens with one attached hydrogen (secondary N) is 1. The lowest BCUT2D eigenvalue weighted by atomic mass is 9.84. The van der Waals surface area contributed by atoms with Crippen LogP contribution in [0.4, 0.5) is 0 Å². The molecule has 2 heterocycles. The molecule has 0 aliphatic carbocycles. The van der Waals surface area contributed by atoms with Crippen molar-refractivity contribution in [2.75, 3.05) is 19.3 Å². The molecule has 8 heteroatoms. The van der Waals surface area contributed by atoms with E-state index in [4.69, 9.17) is 11.6 Å². The molecule has 1 aliphatic rings. The molecule has 0 amide bonds. The SMILES string of the molecule is CS(=O)(=O)N1CCC(O)(c2cc(Cl)cc3cn[nH]c23)CC1. The highest BCUT2D eigenvalue weighted by Crippen LogP contribution is 2.38. The van der Waals surface area contributed by atoms with Gasteiger partial charge in [0.2, 0.25) is 10.0 Å². The molecular weight excluding hydrogens is 314 g/mol. The highest BCUT2D eigenvalue weighted by Gasteiger charge is 2.38. The maximum Gasteiger partial charge on any atom is 0.211 e. The number of hydrogen-bond donors (Lipinski definition) is 2. The van der Waals surface area contributed by atoms with Gasteiger partial charge in [0.25, 0.3) is 0 Å². The summed E-state index contributed by atoms with van der Waals surface area (Å²) in [7, 11) is -3.22. The first-order valence-corrected chi connectivity index (χ1v) is 8.83. The van der Waals surface area contributed by atoms with Crippen LogP contribution in [0.25, 0.3) is 10.9 Å². The van der Waals surface area contributed by atoms with E-state index >= 15 is 0 Å². The van der Waals surface area contributed by atoms with E-state index in [2.05, 4.69) is 10.2 Å². The number of rotatable bonds is 2. The molecule has 0 saturated carbocycles. The molecule has 2 aromatic rings. The highest BCUT2D eigenvalue weighted by atomic mass is 35.5. The summed E-state index contributed by atoms with van der Waals surface area (Å²) in [4.78, 5) is 0. The summed E-state index contributed by atoms with van der Waals surface area (Å²) in [5.41, 5.74) is 0.321. The summed E-state index contributed by atoms with van der Waals surface area (Å²) >= 11 is 6.10. The first kappa shape index (κ1) is 14.8. The van der Waals surface area contributed by atoms with Gasteiger partial charge in [0.05, 0.1) is 23.6 Å². The molecule has 0 unspecified atom stereocenters. The Labute approximate surface area is 127 Å². The predicted octanol–water partition coefficient (Wildman–Crippen LogP) is 1.46. The normalized spacial score (nSPS) is 20.0. The molecule has 21 heavy (non-hydrogen) atoms. The number of aromatic amines is 1. The fraction of sp³-hybridized carbons (Fsp3) is 0.462. The minimum absolute atomic E-state index is 0.289. The fourth-order valence-electron chi connectivity index (χ4n) is 2.85. The van der Waals surface area contributed by atoms with E-state index in [0.717, 1.165) is 10.9 Å². The number of benzene rings is 1. The molecule has 0 atom stereocenters. The predicted molar refractivity (Wildman–Crippen MR) is 80.7 cm³/mol. The number of piperidine rings is 1. The van der Waals surface area contributed by atoms with E-state index in [1.807, 2.05) is 0 Å². The Morgan fingerprint density at radius 3 is 2.67 bits per heavy atom. The molecule has 114 valence electrons. The Balaban J connectivity index is 1.98. The Hall–Kier alpha value is -1.15. The number of sulfonamides is 1. The third-order valence-electron chi connectivity index (χ3n) is 4.03. The van der Waals surface area contributed by atoms with Crippen LogP contribution in [0.3, 0.4) is 0 Å². The van der Waals surface area contributed by atoms with Gasteiger partial charge in [0.1, 0.15) is 0 Å². The number of nitrogens with zero attached hydrogens (tertiary/aromatic N) is 2. The fourth-order valence-corrected chi connectivity index (χ4v) is 3.92. The lowest BCUT2D eigenvalue weighted by Crippen LogP contribution is -2.44. The monoisotopic (exact) mass is 329 g/mol. The van der Waals surface area contributed by atoms with E-state index in [1.165, 1.54) is 10.6 Å². The van der Waals surface area contributed by atoms with E-state index in [9.17, 15) is 13.5 Å². The third kappa shape index (κ3) is 2.66. The number of H-pyrrole nitrogens is 1. The molecule has 6 nitrogen and oxygen atoms in total. The van der Waals surface area contributed by atoms with E-state index in [1.54, 1.807) is 18.3 Å². The van der Waals surface area contributed by atoms with E-state index in [-0.39, 0.29) is 13.1 Å². The van der Waals surface area contributed by atoms with Gasteiger partial charge in [-0.05, 0) is 25.0 Å². The minimum atomic E-state index is -3.22. The summed E-state index contributed by atoms with van der Waals surface area (Å²) in [6.07, 6.45) is 3.49.